The molecule has 1 fully saturated rings. The lowest BCUT2D eigenvalue weighted by molar-refractivity contribution is -0.125. The van der Waals surface area contributed by atoms with Crippen LogP contribution in [0.2, 0.25) is 0 Å². The van der Waals surface area contributed by atoms with Gasteiger partial charge in [-0.2, -0.15) is 11.3 Å². The van der Waals surface area contributed by atoms with Crippen molar-refractivity contribution in [3.05, 3.63) is 57.9 Å². The number of nitrogens with one attached hydrogen (secondary N) is 1. The number of allylic oxidation sites excluding steroid dienone is 1. The van der Waals surface area contributed by atoms with Crippen LogP contribution in [0, 0.1) is 11.8 Å². The lowest BCUT2D eigenvalue weighted by atomic mass is 9.99. The Hall–Kier alpha value is -2.93. The average molecular weight is 393 g/mol. The van der Waals surface area contributed by atoms with Gasteiger partial charge in [0.25, 0.3) is 0 Å². The van der Waals surface area contributed by atoms with Gasteiger partial charge >= 0.3 is 6.09 Å². The van der Waals surface area contributed by atoms with Gasteiger partial charge in [-0.25, -0.2) is 9.78 Å². The number of nitrogens with zero attached hydrogens (tertiary/aromatic N) is 2. The Kier molecular flexibility index (Phi) is 4.24. The van der Waals surface area contributed by atoms with Gasteiger partial charge in [0, 0.05) is 30.9 Å². The molecule has 0 radical (unpaired) electrons. The minimum absolute atomic E-state index is 0.0298. The summed E-state index contributed by atoms with van der Waals surface area (Å²) in [7, 11) is 0. The van der Waals surface area contributed by atoms with Crippen LogP contribution < -0.4 is 5.32 Å². The summed E-state index contributed by atoms with van der Waals surface area (Å²) in [5.41, 5.74) is 4.37. The molecule has 2 aliphatic heterocycles. The number of thiophene rings is 1. The predicted octanol–water partition coefficient (Wildman–Crippen LogP) is 3.78. The van der Waals surface area contributed by atoms with Crippen molar-refractivity contribution in [1.29, 1.82) is 0 Å². The van der Waals surface area contributed by atoms with Gasteiger partial charge < -0.3 is 9.64 Å². The van der Waals surface area contributed by atoms with Crippen molar-refractivity contribution in [2.45, 2.75) is 13.0 Å². The van der Waals surface area contributed by atoms with E-state index in [1.807, 2.05) is 11.0 Å². The van der Waals surface area contributed by atoms with Crippen LogP contribution in [0.4, 0.5) is 10.6 Å². The fourth-order valence-electron chi connectivity index (χ4n) is 4.14. The van der Waals surface area contributed by atoms with Gasteiger partial charge in [-0.3, -0.25) is 10.1 Å². The molecule has 0 aromatic carbocycles. The fourth-order valence-corrected chi connectivity index (χ4v) is 4.82. The molecule has 1 aliphatic carbocycles. The molecule has 7 heteroatoms. The summed E-state index contributed by atoms with van der Waals surface area (Å²) < 4.78 is 4.95. The summed E-state index contributed by atoms with van der Waals surface area (Å²) >= 11 is 1.73. The van der Waals surface area contributed by atoms with Crippen LogP contribution in [0.15, 0.2) is 41.2 Å². The van der Waals surface area contributed by atoms with Gasteiger partial charge in [0.2, 0.25) is 5.91 Å². The normalized spacial score (nSPS) is 23.2. The summed E-state index contributed by atoms with van der Waals surface area (Å²) in [5.74, 6) is 1.53. The summed E-state index contributed by atoms with van der Waals surface area (Å²) in [5, 5.41) is 6.86. The first kappa shape index (κ1) is 17.2. The van der Waals surface area contributed by atoms with E-state index in [4.69, 9.17) is 4.74 Å². The zero-order valence-corrected chi connectivity index (χ0v) is 15.9. The third kappa shape index (κ3) is 3.22. The molecule has 2 aromatic rings. The predicted molar refractivity (Wildman–Crippen MR) is 108 cm³/mol. The molecule has 0 saturated carbocycles. The van der Waals surface area contributed by atoms with Crippen LogP contribution in [-0.4, -0.2) is 35.0 Å². The first-order valence-electron chi connectivity index (χ1n) is 9.28. The van der Waals surface area contributed by atoms with Gasteiger partial charge in [0.1, 0.15) is 12.4 Å². The number of carbonyl (C=O) groups is 2. The molecule has 2 atom stereocenters. The van der Waals surface area contributed by atoms with E-state index < -0.39 is 6.09 Å². The SMILES string of the molecule is O=C1Nc2ncc(/C=C/C(=O)N3CC4C=C(c5ccsc5)CC4C3)cc2CO1. The zero-order chi connectivity index (χ0) is 19.1. The third-order valence-electron chi connectivity index (χ3n) is 5.58. The van der Waals surface area contributed by atoms with Gasteiger partial charge in [-0.1, -0.05) is 6.08 Å². The van der Waals surface area contributed by atoms with E-state index in [1.54, 1.807) is 29.7 Å². The molecular formula is C21H19N3O3S. The number of cyclic esters (lactones) is 1. The van der Waals surface area contributed by atoms with Crippen LogP contribution in [0.5, 0.6) is 0 Å². The monoisotopic (exact) mass is 393 g/mol. The number of rotatable bonds is 3. The maximum absolute atomic E-state index is 12.6. The number of aromatic nitrogens is 1. The molecule has 6 nitrogen and oxygen atoms in total. The quantitative estimate of drug-likeness (QED) is 0.806. The number of pyridine rings is 1. The molecule has 3 aliphatic rings. The zero-order valence-electron chi connectivity index (χ0n) is 15.1. The molecule has 2 unspecified atom stereocenters. The number of carbonyl (C=O) groups excluding carboxylic acids is 2. The van der Waals surface area contributed by atoms with E-state index in [2.05, 4.69) is 33.2 Å². The number of amides is 2. The number of hydrogen-bond donors (Lipinski definition) is 1. The highest BCUT2D eigenvalue weighted by atomic mass is 32.1. The molecule has 4 heterocycles. The maximum Gasteiger partial charge on any atom is 0.413 e. The standard InChI is InChI=1S/C21H19N3O3S/c25-19(2-1-13-5-18-11-27-21(26)23-20(18)22-8-13)24-9-16-6-15(7-17(16)10-24)14-3-4-28-12-14/h1-6,8,12,16-17H,7,9-11H2,(H,22,23,26)/b2-1+. The summed E-state index contributed by atoms with van der Waals surface area (Å²) in [6.07, 6.45) is 7.93. The minimum Gasteiger partial charge on any atom is -0.444 e. The Morgan fingerprint density at radius 3 is 3.14 bits per heavy atom. The van der Waals surface area contributed by atoms with Gasteiger partial charge in [0.05, 0.1) is 0 Å². The minimum atomic E-state index is -0.491. The van der Waals surface area contributed by atoms with Gasteiger partial charge in [-0.05, 0) is 63.9 Å². The second-order valence-electron chi connectivity index (χ2n) is 7.39. The Labute approximate surface area is 166 Å². The van der Waals surface area contributed by atoms with E-state index in [0.717, 1.165) is 30.6 Å². The highest BCUT2D eigenvalue weighted by Gasteiger charge is 2.37. The fraction of sp³-hybridized carbons (Fsp3) is 0.286. The number of likely N-dealkylation sites (tertiary alicyclic amines) is 1. The third-order valence-corrected chi connectivity index (χ3v) is 6.26. The molecule has 1 saturated heterocycles. The number of ether oxygens (including phenoxy) is 1. The Balaban J connectivity index is 1.23. The summed E-state index contributed by atoms with van der Waals surface area (Å²) in [6.45, 7) is 1.78. The van der Waals surface area contributed by atoms with Crippen molar-refractivity contribution in [2.75, 3.05) is 18.4 Å². The lowest BCUT2D eigenvalue weighted by Crippen LogP contribution is -2.27. The molecular weight excluding hydrogens is 374 g/mol. The first-order valence-corrected chi connectivity index (χ1v) is 10.2. The molecule has 0 bridgehead atoms. The average Bonchev–Trinajstić information content (AvgIpc) is 3.41. The van der Waals surface area contributed by atoms with Crippen LogP contribution in [0.1, 0.15) is 23.1 Å². The van der Waals surface area contributed by atoms with Crippen LogP contribution >= 0.6 is 11.3 Å². The van der Waals surface area contributed by atoms with Crippen molar-refractivity contribution in [3.8, 4) is 0 Å². The van der Waals surface area contributed by atoms with E-state index in [1.165, 1.54) is 11.1 Å². The van der Waals surface area contributed by atoms with Gasteiger partial charge in [-0.15, -0.1) is 0 Å². The van der Waals surface area contributed by atoms with E-state index in [0.29, 0.717) is 17.7 Å². The molecule has 5 rings (SSSR count). The maximum atomic E-state index is 12.6. The van der Waals surface area contributed by atoms with Crippen molar-refractivity contribution in [1.82, 2.24) is 9.88 Å². The highest BCUT2D eigenvalue weighted by molar-refractivity contribution is 7.08. The van der Waals surface area contributed by atoms with E-state index >= 15 is 0 Å². The largest absolute Gasteiger partial charge is 0.444 e. The summed E-state index contributed by atoms with van der Waals surface area (Å²) in [6, 6.07) is 4.05. The number of fused-ring (bicyclic) bond motifs is 2. The molecule has 2 aromatic heterocycles. The smallest absolute Gasteiger partial charge is 0.413 e. The number of anilines is 1. The number of hydrogen-bond acceptors (Lipinski definition) is 5. The Morgan fingerprint density at radius 2 is 2.32 bits per heavy atom. The van der Waals surface area contributed by atoms with Gasteiger partial charge in [0.15, 0.2) is 0 Å². The summed E-state index contributed by atoms with van der Waals surface area (Å²) in [4.78, 5) is 30.0. The first-order chi connectivity index (χ1) is 13.7. The van der Waals surface area contributed by atoms with Crippen LogP contribution in [0.25, 0.3) is 11.6 Å². The molecule has 0 spiro atoms. The van der Waals surface area contributed by atoms with Crippen molar-refractivity contribution in [2.24, 2.45) is 11.8 Å². The van der Waals surface area contributed by atoms with E-state index in [-0.39, 0.29) is 12.5 Å². The molecule has 28 heavy (non-hydrogen) atoms. The Morgan fingerprint density at radius 1 is 1.39 bits per heavy atom. The topological polar surface area (TPSA) is 71.5 Å². The van der Waals surface area contributed by atoms with Crippen molar-refractivity contribution >= 4 is 40.8 Å². The lowest BCUT2D eigenvalue weighted by Gasteiger charge is -2.16. The van der Waals surface area contributed by atoms with Crippen LogP contribution in [0.3, 0.4) is 0 Å². The van der Waals surface area contributed by atoms with Crippen LogP contribution in [-0.2, 0) is 16.1 Å². The van der Waals surface area contributed by atoms with E-state index in [9.17, 15) is 9.59 Å². The molecule has 1 N–H and O–H groups in total. The molecule has 142 valence electrons. The Bertz CT molecular complexity index is 996. The second kappa shape index (κ2) is 6.91. The molecule has 2 amide bonds. The second-order valence-corrected chi connectivity index (χ2v) is 8.17. The highest BCUT2D eigenvalue weighted by Crippen LogP contribution is 2.41. The van der Waals surface area contributed by atoms with Crippen molar-refractivity contribution in [3.63, 3.8) is 0 Å². The van der Waals surface area contributed by atoms with Crippen molar-refractivity contribution < 1.29 is 14.3 Å².